The number of β-amino-alcohol motifs (C(OH)–C–C–N with tert-alkyl or cyclic N) is 1. The highest BCUT2D eigenvalue weighted by Gasteiger charge is 2.30. The van der Waals surface area contributed by atoms with Crippen LogP contribution >= 0.6 is 0 Å². The highest BCUT2D eigenvalue weighted by atomic mass is 16.3. The monoisotopic (exact) mass is 171 g/mol. The summed E-state index contributed by atoms with van der Waals surface area (Å²) < 4.78 is 0. The molecule has 1 rings (SSSR count). The van der Waals surface area contributed by atoms with Crippen molar-refractivity contribution < 1.29 is 9.90 Å². The summed E-state index contributed by atoms with van der Waals surface area (Å²) in [6, 6.07) is 0. The molecule has 3 nitrogen and oxygen atoms in total. The Morgan fingerprint density at radius 2 is 2.25 bits per heavy atom. The van der Waals surface area contributed by atoms with E-state index in [2.05, 4.69) is 5.32 Å². The summed E-state index contributed by atoms with van der Waals surface area (Å²) in [6.45, 7) is 5.18. The van der Waals surface area contributed by atoms with Crippen LogP contribution < -0.4 is 5.32 Å². The molecule has 0 aromatic heterocycles. The van der Waals surface area contributed by atoms with Gasteiger partial charge in [-0.3, -0.25) is 4.79 Å². The van der Waals surface area contributed by atoms with Crippen LogP contribution in [0.4, 0.5) is 0 Å². The molecule has 2 unspecified atom stereocenters. The van der Waals surface area contributed by atoms with Crippen molar-refractivity contribution in [3.63, 3.8) is 0 Å². The van der Waals surface area contributed by atoms with E-state index in [0.29, 0.717) is 6.54 Å². The van der Waals surface area contributed by atoms with Gasteiger partial charge in [-0.15, -0.1) is 0 Å². The zero-order valence-electron chi connectivity index (χ0n) is 7.71. The fraction of sp³-hybridized carbons (Fsp3) is 0.889. The van der Waals surface area contributed by atoms with Crippen LogP contribution in [0.1, 0.15) is 20.3 Å². The molecule has 2 atom stereocenters. The zero-order chi connectivity index (χ0) is 9.14. The fourth-order valence-electron chi connectivity index (χ4n) is 1.60. The van der Waals surface area contributed by atoms with Gasteiger partial charge >= 0.3 is 0 Å². The van der Waals surface area contributed by atoms with Crippen LogP contribution in [0.5, 0.6) is 0 Å². The number of hydrogen-bond donors (Lipinski definition) is 2. The first-order valence-corrected chi connectivity index (χ1v) is 4.55. The van der Waals surface area contributed by atoms with Gasteiger partial charge in [-0.2, -0.15) is 0 Å². The van der Waals surface area contributed by atoms with E-state index < -0.39 is 6.10 Å². The van der Waals surface area contributed by atoms with Crippen molar-refractivity contribution in [1.29, 1.82) is 0 Å². The third-order valence-corrected chi connectivity index (χ3v) is 2.38. The molecular weight excluding hydrogens is 154 g/mol. The lowest BCUT2D eigenvalue weighted by atomic mass is 9.86. The minimum absolute atomic E-state index is 0.0442. The third kappa shape index (κ3) is 2.05. The zero-order valence-corrected chi connectivity index (χ0v) is 7.71. The highest BCUT2D eigenvalue weighted by Crippen LogP contribution is 2.17. The van der Waals surface area contributed by atoms with E-state index in [1.165, 1.54) is 0 Å². The molecule has 1 fully saturated rings. The fourth-order valence-corrected chi connectivity index (χ4v) is 1.60. The molecule has 70 valence electrons. The van der Waals surface area contributed by atoms with Gasteiger partial charge in [-0.1, -0.05) is 13.8 Å². The standard InChI is InChI=1S/C9H17NO2/c1-6(2)9(12)7-3-4-10-5-8(7)11/h6-8,10-11H,3-5H2,1-2H3. The second-order valence-corrected chi connectivity index (χ2v) is 3.72. The summed E-state index contributed by atoms with van der Waals surface area (Å²) in [4.78, 5) is 11.5. The molecule has 0 saturated carbocycles. The third-order valence-electron chi connectivity index (χ3n) is 2.38. The Morgan fingerprint density at radius 1 is 1.58 bits per heavy atom. The predicted molar refractivity (Wildman–Crippen MR) is 46.8 cm³/mol. The van der Waals surface area contributed by atoms with Crippen molar-refractivity contribution in [1.82, 2.24) is 5.32 Å². The highest BCUT2D eigenvalue weighted by molar-refractivity contribution is 5.83. The van der Waals surface area contributed by atoms with E-state index in [0.717, 1.165) is 13.0 Å². The van der Waals surface area contributed by atoms with Gasteiger partial charge in [-0.25, -0.2) is 0 Å². The predicted octanol–water partition coefficient (Wildman–Crippen LogP) is 0.182. The Balaban J connectivity index is 2.53. The van der Waals surface area contributed by atoms with Gasteiger partial charge in [0.15, 0.2) is 0 Å². The van der Waals surface area contributed by atoms with Gasteiger partial charge in [0.05, 0.1) is 6.10 Å². The molecule has 1 saturated heterocycles. The van der Waals surface area contributed by atoms with E-state index in [1.807, 2.05) is 13.8 Å². The molecule has 0 amide bonds. The molecule has 1 aliphatic rings. The van der Waals surface area contributed by atoms with Crippen LogP contribution in [0, 0.1) is 11.8 Å². The molecule has 0 aromatic carbocycles. The van der Waals surface area contributed by atoms with E-state index in [4.69, 9.17) is 0 Å². The van der Waals surface area contributed by atoms with Crippen molar-refractivity contribution in [3.05, 3.63) is 0 Å². The number of aliphatic hydroxyl groups is 1. The average Bonchev–Trinajstić information content (AvgIpc) is 2.04. The number of ketones is 1. The second-order valence-electron chi connectivity index (χ2n) is 3.72. The molecule has 12 heavy (non-hydrogen) atoms. The van der Waals surface area contributed by atoms with Gasteiger partial charge in [0.1, 0.15) is 5.78 Å². The lowest BCUT2D eigenvalue weighted by molar-refractivity contribution is -0.130. The van der Waals surface area contributed by atoms with Crippen LogP contribution in [0.3, 0.4) is 0 Å². The molecule has 1 heterocycles. The van der Waals surface area contributed by atoms with E-state index in [-0.39, 0.29) is 17.6 Å². The summed E-state index contributed by atoms with van der Waals surface area (Å²) >= 11 is 0. The number of aliphatic hydroxyl groups excluding tert-OH is 1. The van der Waals surface area contributed by atoms with Gasteiger partial charge in [0.25, 0.3) is 0 Å². The first-order valence-electron chi connectivity index (χ1n) is 4.55. The van der Waals surface area contributed by atoms with Gasteiger partial charge in [0, 0.05) is 18.4 Å². The summed E-state index contributed by atoms with van der Waals surface area (Å²) in [5.41, 5.74) is 0. The first-order chi connectivity index (χ1) is 5.63. The molecule has 0 radical (unpaired) electrons. The van der Waals surface area contributed by atoms with Crippen molar-refractivity contribution in [2.24, 2.45) is 11.8 Å². The van der Waals surface area contributed by atoms with Crippen LogP contribution in [0.25, 0.3) is 0 Å². The number of hydrogen-bond acceptors (Lipinski definition) is 3. The number of rotatable bonds is 2. The summed E-state index contributed by atoms with van der Waals surface area (Å²) in [6.07, 6.45) is 0.298. The maximum Gasteiger partial charge on any atom is 0.141 e. The number of nitrogens with one attached hydrogen (secondary N) is 1. The maximum atomic E-state index is 11.5. The Labute approximate surface area is 73.2 Å². The molecular formula is C9H17NO2. The van der Waals surface area contributed by atoms with Gasteiger partial charge in [-0.05, 0) is 13.0 Å². The van der Waals surface area contributed by atoms with Gasteiger partial charge in [0.2, 0.25) is 0 Å². The molecule has 0 aromatic rings. The molecule has 1 aliphatic heterocycles. The SMILES string of the molecule is CC(C)C(=O)C1CCNCC1O. The van der Waals surface area contributed by atoms with Crippen molar-refractivity contribution in [3.8, 4) is 0 Å². The summed E-state index contributed by atoms with van der Waals surface area (Å²) in [5, 5.41) is 12.6. The maximum absolute atomic E-state index is 11.5. The average molecular weight is 171 g/mol. The smallest absolute Gasteiger partial charge is 0.141 e. The van der Waals surface area contributed by atoms with E-state index in [9.17, 15) is 9.90 Å². The van der Waals surface area contributed by atoms with Crippen LogP contribution in [-0.4, -0.2) is 30.1 Å². The minimum Gasteiger partial charge on any atom is -0.391 e. The largest absolute Gasteiger partial charge is 0.391 e. The Hall–Kier alpha value is -0.410. The van der Waals surface area contributed by atoms with Crippen LogP contribution in [-0.2, 0) is 4.79 Å². The molecule has 2 N–H and O–H groups in total. The number of Topliss-reactive ketones (excluding diaryl/α,β-unsaturated/α-hetero) is 1. The van der Waals surface area contributed by atoms with Crippen LogP contribution in [0.2, 0.25) is 0 Å². The van der Waals surface area contributed by atoms with E-state index in [1.54, 1.807) is 0 Å². The first kappa shape index (κ1) is 9.68. The normalized spacial score (nSPS) is 30.7. The Morgan fingerprint density at radius 3 is 2.75 bits per heavy atom. The topological polar surface area (TPSA) is 49.3 Å². The van der Waals surface area contributed by atoms with E-state index >= 15 is 0 Å². The van der Waals surface area contributed by atoms with Crippen molar-refractivity contribution in [2.75, 3.05) is 13.1 Å². The molecule has 3 heteroatoms. The number of carbonyl (C=O) groups excluding carboxylic acids is 1. The lowest BCUT2D eigenvalue weighted by Crippen LogP contribution is -2.44. The minimum atomic E-state index is -0.478. The number of carbonyl (C=O) groups is 1. The molecule has 0 bridgehead atoms. The number of piperidine rings is 1. The van der Waals surface area contributed by atoms with Crippen molar-refractivity contribution in [2.45, 2.75) is 26.4 Å². The lowest BCUT2D eigenvalue weighted by Gasteiger charge is -2.28. The van der Waals surface area contributed by atoms with Crippen LogP contribution in [0.15, 0.2) is 0 Å². The quantitative estimate of drug-likeness (QED) is 0.623. The molecule has 0 spiro atoms. The second kappa shape index (κ2) is 4.01. The van der Waals surface area contributed by atoms with Crippen molar-refractivity contribution >= 4 is 5.78 Å². The Kier molecular flexibility index (Phi) is 3.23. The summed E-state index contributed by atoms with van der Waals surface area (Å²) in [7, 11) is 0. The summed E-state index contributed by atoms with van der Waals surface area (Å²) in [5.74, 6) is 0.109. The molecule has 0 aliphatic carbocycles. The van der Waals surface area contributed by atoms with Gasteiger partial charge < -0.3 is 10.4 Å². The Bertz CT molecular complexity index is 168.